The van der Waals surface area contributed by atoms with Gasteiger partial charge in [-0.1, -0.05) is 55.8 Å². The molecule has 0 radical (unpaired) electrons. The molecule has 0 spiro atoms. The van der Waals surface area contributed by atoms with Gasteiger partial charge in [0.2, 0.25) is 0 Å². The minimum absolute atomic E-state index is 0.197. The Morgan fingerprint density at radius 2 is 1.90 bits per heavy atom. The van der Waals surface area contributed by atoms with Crippen molar-refractivity contribution >= 4 is 28.1 Å². The molecule has 0 aromatic heterocycles. The van der Waals surface area contributed by atoms with Gasteiger partial charge in [-0.2, -0.15) is 0 Å². The maximum atomic E-state index is 5.34. The molecule has 2 nitrogen and oxygen atoms in total. The predicted molar refractivity (Wildman–Crippen MR) is 91.0 cm³/mol. The van der Waals surface area contributed by atoms with Gasteiger partial charge in [0.15, 0.2) is 5.11 Å². The van der Waals surface area contributed by atoms with E-state index in [1.165, 1.54) is 22.8 Å². The van der Waals surface area contributed by atoms with Gasteiger partial charge in [0.25, 0.3) is 0 Å². The van der Waals surface area contributed by atoms with E-state index in [-0.39, 0.29) is 6.04 Å². The normalized spacial score (nSPS) is 12.1. The van der Waals surface area contributed by atoms with Crippen LogP contribution in [0.25, 0.3) is 10.8 Å². The van der Waals surface area contributed by atoms with Gasteiger partial charge in [-0.15, -0.1) is 0 Å². The van der Waals surface area contributed by atoms with Crippen LogP contribution in [-0.2, 0) is 0 Å². The number of unbranched alkanes of at least 4 members (excludes halogenated alkanes) is 1. The Hall–Kier alpha value is -1.61. The highest BCUT2D eigenvalue weighted by atomic mass is 32.1. The second-order valence-electron chi connectivity index (χ2n) is 5.04. The number of hydrogen-bond acceptors (Lipinski definition) is 1. The minimum Gasteiger partial charge on any atom is -0.363 e. The maximum absolute atomic E-state index is 5.34. The standard InChI is InChI=1S/C17H22N2S/c1-3-4-12-18-17(20)19-13(2)15-11-7-9-14-8-5-6-10-16(14)15/h5-11,13H,3-4,12H2,1-2H3,(H2,18,19,20)/t13-/m1/s1. The Morgan fingerprint density at radius 1 is 1.15 bits per heavy atom. The topological polar surface area (TPSA) is 24.1 Å². The number of fused-ring (bicyclic) bond motifs is 1. The summed E-state index contributed by atoms with van der Waals surface area (Å²) < 4.78 is 0. The third-order valence-corrected chi connectivity index (χ3v) is 3.72. The van der Waals surface area contributed by atoms with E-state index in [1.54, 1.807) is 0 Å². The SMILES string of the molecule is CCCCNC(=S)N[C@H](C)c1cccc2ccccc12. The van der Waals surface area contributed by atoms with E-state index in [0.29, 0.717) is 0 Å². The molecular formula is C17H22N2S. The number of thiocarbonyl (C=S) groups is 1. The van der Waals surface area contributed by atoms with Crippen LogP contribution >= 0.6 is 12.2 Å². The molecule has 0 amide bonds. The van der Waals surface area contributed by atoms with Crippen molar-refractivity contribution in [2.75, 3.05) is 6.54 Å². The summed E-state index contributed by atoms with van der Waals surface area (Å²) in [7, 11) is 0. The highest BCUT2D eigenvalue weighted by molar-refractivity contribution is 7.80. The van der Waals surface area contributed by atoms with Crippen LogP contribution in [0.5, 0.6) is 0 Å². The van der Waals surface area contributed by atoms with Crippen molar-refractivity contribution in [1.29, 1.82) is 0 Å². The number of nitrogens with one attached hydrogen (secondary N) is 2. The molecule has 0 fully saturated rings. The maximum Gasteiger partial charge on any atom is 0.166 e. The zero-order chi connectivity index (χ0) is 14.4. The molecule has 2 aromatic carbocycles. The van der Waals surface area contributed by atoms with Crippen molar-refractivity contribution in [3.05, 3.63) is 48.0 Å². The van der Waals surface area contributed by atoms with E-state index in [0.717, 1.165) is 18.1 Å². The molecule has 0 heterocycles. The first-order chi connectivity index (χ1) is 9.72. The molecule has 2 N–H and O–H groups in total. The summed E-state index contributed by atoms with van der Waals surface area (Å²) in [6, 6.07) is 15.1. The summed E-state index contributed by atoms with van der Waals surface area (Å²) in [5.41, 5.74) is 1.28. The second kappa shape index (κ2) is 7.25. The molecule has 3 heteroatoms. The van der Waals surface area contributed by atoms with Gasteiger partial charge in [-0.05, 0) is 41.9 Å². The number of hydrogen-bond donors (Lipinski definition) is 2. The van der Waals surface area contributed by atoms with Gasteiger partial charge in [0.1, 0.15) is 0 Å². The molecule has 0 bridgehead atoms. The average Bonchev–Trinajstić information content (AvgIpc) is 2.47. The van der Waals surface area contributed by atoms with Crippen molar-refractivity contribution < 1.29 is 0 Å². The van der Waals surface area contributed by atoms with Crippen molar-refractivity contribution in [1.82, 2.24) is 10.6 Å². The lowest BCUT2D eigenvalue weighted by Crippen LogP contribution is -2.37. The predicted octanol–water partition coefficient (Wildman–Crippen LogP) is 4.17. The molecule has 0 aliphatic carbocycles. The van der Waals surface area contributed by atoms with Crippen molar-refractivity contribution in [3.63, 3.8) is 0 Å². The highest BCUT2D eigenvalue weighted by Gasteiger charge is 2.09. The van der Waals surface area contributed by atoms with E-state index in [2.05, 4.69) is 66.9 Å². The summed E-state index contributed by atoms with van der Waals surface area (Å²) in [5.74, 6) is 0. The lowest BCUT2D eigenvalue weighted by Gasteiger charge is -2.19. The number of rotatable bonds is 5. The van der Waals surface area contributed by atoms with E-state index < -0.39 is 0 Å². The second-order valence-corrected chi connectivity index (χ2v) is 5.45. The van der Waals surface area contributed by atoms with Gasteiger partial charge >= 0.3 is 0 Å². The third kappa shape index (κ3) is 3.70. The Labute approximate surface area is 126 Å². The molecule has 20 heavy (non-hydrogen) atoms. The van der Waals surface area contributed by atoms with Crippen molar-refractivity contribution in [2.45, 2.75) is 32.7 Å². The summed E-state index contributed by atoms with van der Waals surface area (Å²) in [5, 5.41) is 9.91. The molecule has 0 aliphatic heterocycles. The van der Waals surface area contributed by atoms with Gasteiger partial charge in [0, 0.05) is 6.54 Å². The molecule has 0 aliphatic rings. The van der Waals surface area contributed by atoms with E-state index in [9.17, 15) is 0 Å². The van der Waals surface area contributed by atoms with Crippen molar-refractivity contribution in [2.24, 2.45) is 0 Å². The quantitative estimate of drug-likeness (QED) is 0.637. The first-order valence-corrected chi connectivity index (χ1v) is 7.65. The largest absolute Gasteiger partial charge is 0.363 e. The molecule has 2 rings (SSSR count). The zero-order valence-electron chi connectivity index (χ0n) is 12.1. The summed E-state index contributed by atoms with van der Waals surface area (Å²) in [6.07, 6.45) is 2.32. The van der Waals surface area contributed by atoms with Crippen LogP contribution in [0.1, 0.15) is 38.3 Å². The average molecular weight is 286 g/mol. The first-order valence-electron chi connectivity index (χ1n) is 7.24. The Morgan fingerprint density at radius 3 is 2.70 bits per heavy atom. The van der Waals surface area contributed by atoms with Gasteiger partial charge in [-0.3, -0.25) is 0 Å². The molecule has 0 saturated heterocycles. The summed E-state index contributed by atoms with van der Waals surface area (Å²) in [6.45, 7) is 5.26. The molecule has 0 unspecified atom stereocenters. The zero-order valence-corrected chi connectivity index (χ0v) is 13.0. The van der Waals surface area contributed by atoms with Crippen LogP contribution in [-0.4, -0.2) is 11.7 Å². The molecule has 0 saturated carbocycles. The molecular weight excluding hydrogens is 264 g/mol. The van der Waals surface area contributed by atoms with Crippen LogP contribution in [0.2, 0.25) is 0 Å². The third-order valence-electron chi connectivity index (χ3n) is 3.45. The lowest BCUT2D eigenvalue weighted by molar-refractivity contribution is 0.686. The fourth-order valence-corrected chi connectivity index (χ4v) is 2.61. The number of benzene rings is 2. The van der Waals surface area contributed by atoms with Crippen LogP contribution in [0.4, 0.5) is 0 Å². The van der Waals surface area contributed by atoms with Crippen molar-refractivity contribution in [3.8, 4) is 0 Å². The Balaban J connectivity index is 2.07. The van der Waals surface area contributed by atoms with Crippen LogP contribution in [0.3, 0.4) is 0 Å². The fourth-order valence-electron chi connectivity index (χ4n) is 2.33. The monoisotopic (exact) mass is 286 g/mol. The summed E-state index contributed by atoms with van der Waals surface area (Å²) in [4.78, 5) is 0. The van der Waals surface area contributed by atoms with Gasteiger partial charge in [-0.25, -0.2) is 0 Å². The van der Waals surface area contributed by atoms with E-state index in [1.807, 2.05) is 0 Å². The Kier molecular flexibility index (Phi) is 5.36. The van der Waals surface area contributed by atoms with Crippen LogP contribution in [0.15, 0.2) is 42.5 Å². The first kappa shape index (κ1) is 14.8. The van der Waals surface area contributed by atoms with Crippen LogP contribution in [0, 0.1) is 0 Å². The lowest BCUT2D eigenvalue weighted by atomic mass is 10.00. The molecule has 106 valence electrons. The highest BCUT2D eigenvalue weighted by Crippen LogP contribution is 2.23. The van der Waals surface area contributed by atoms with Crippen LogP contribution < -0.4 is 10.6 Å². The Bertz CT molecular complexity index is 575. The van der Waals surface area contributed by atoms with Gasteiger partial charge in [0.05, 0.1) is 6.04 Å². The van der Waals surface area contributed by atoms with Gasteiger partial charge < -0.3 is 10.6 Å². The molecule has 2 aromatic rings. The molecule has 1 atom stereocenters. The van der Waals surface area contributed by atoms with E-state index in [4.69, 9.17) is 12.2 Å². The summed E-state index contributed by atoms with van der Waals surface area (Å²) >= 11 is 5.34. The fraction of sp³-hybridized carbons (Fsp3) is 0.353. The smallest absolute Gasteiger partial charge is 0.166 e. The van der Waals surface area contributed by atoms with E-state index >= 15 is 0 Å². The minimum atomic E-state index is 0.197.